The van der Waals surface area contributed by atoms with Crippen molar-refractivity contribution in [2.24, 2.45) is 4.99 Å². The lowest BCUT2D eigenvalue weighted by Crippen LogP contribution is -2.41. The lowest BCUT2D eigenvalue weighted by Gasteiger charge is -2.26. The maximum Gasteiger partial charge on any atom is 0.270 e. The van der Waals surface area contributed by atoms with Gasteiger partial charge in [0.15, 0.2) is 4.80 Å². The molecule has 2 heterocycles. The fourth-order valence-corrected chi connectivity index (χ4v) is 4.85. The van der Waals surface area contributed by atoms with Gasteiger partial charge in [0, 0.05) is 38.4 Å². The summed E-state index contributed by atoms with van der Waals surface area (Å²) in [7, 11) is 0. The quantitative estimate of drug-likeness (QED) is 0.312. The van der Waals surface area contributed by atoms with E-state index >= 15 is 0 Å². The van der Waals surface area contributed by atoms with Crippen LogP contribution < -0.4 is 4.80 Å². The van der Waals surface area contributed by atoms with E-state index in [1.807, 2.05) is 11.5 Å². The van der Waals surface area contributed by atoms with Crippen LogP contribution in [0.4, 0.5) is 5.69 Å². The molecule has 1 fully saturated rings. The van der Waals surface area contributed by atoms with Crippen molar-refractivity contribution in [3.63, 3.8) is 0 Å². The maximum atomic E-state index is 12.4. The molecule has 0 saturated carbocycles. The minimum atomic E-state index is -0.451. The Morgan fingerprint density at radius 3 is 2.81 bits per heavy atom. The summed E-state index contributed by atoms with van der Waals surface area (Å²) in [5, 5.41) is 11.1. The number of hydrogen-bond acceptors (Lipinski definition) is 8. The van der Waals surface area contributed by atoms with E-state index in [0.717, 1.165) is 5.52 Å². The Morgan fingerprint density at radius 2 is 2.10 bits per heavy atom. The summed E-state index contributed by atoms with van der Waals surface area (Å²) in [5.74, 6) is -0.0757. The Bertz CT molecular complexity index is 1010. The zero-order valence-corrected chi connectivity index (χ0v) is 18.8. The molecule has 10 nitrogen and oxygen atoms in total. The molecule has 2 aromatic rings. The number of aromatic nitrogens is 1. The SMILES string of the molecule is CCOCCn1c(=NC(=O)CSCC(=O)N2CCOCC2)sc2cc([N+](=O)[O-])ccc21. The molecule has 1 saturated heterocycles. The molecule has 0 bridgehead atoms. The first kappa shape index (κ1) is 23.4. The predicted molar refractivity (Wildman–Crippen MR) is 118 cm³/mol. The van der Waals surface area contributed by atoms with E-state index < -0.39 is 4.92 Å². The van der Waals surface area contributed by atoms with E-state index in [0.29, 0.717) is 55.6 Å². The van der Waals surface area contributed by atoms with Gasteiger partial charge < -0.3 is 18.9 Å². The predicted octanol–water partition coefficient (Wildman–Crippen LogP) is 1.67. The third-order valence-electron chi connectivity index (χ3n) is 4.58. The standard InChI is InChI=1S/C19H24N4O6S2/c1-2-28-10-7-22-15-4-3-14(23(26)27)11-16(15)31-19(22)20-17(24)12-30-13-18(25)21-5-8-29-9-6-21/h3-4,11H,2,5-10,12-13H2,1H3. The second-order valence-corrected chi connectivity index (χ2v) is 8.63. The smallest absolute Gasteiger partial charge is 0.270 e. The first-order chi connectivity index (χ1) is 15.0. The Morgan fingerprint density at radius 1 is 1.32 bits per heavy atom. The minimum Gasteiger partial charge on any atom is -0.380 e. The normalized spacial score (nSPS) is 14.9. The summed E-state index contributed by atoms with van der Waals surface area (Å²) < 4.78 is 13.2. The van der Waals surface area contributed by atoms with Gasteiger partial charge in [0.05, 0.1) is 46.5 Å². The van der Waals surface area contributed by atoms with Crippen molar-refractivity contribution in [2.75, 3.05) is 51.0 Å². The number of ether oxygens (including phenoxy) is 2. The van der Waals surface area contributed by atoms with E-state index in [1.54, 1.807) is 11.0 Å². The second-order valence-electron chi connectivity index (χ2n) is 6.63. The zero-order valence-electron chi connectivity index (χ0n) is 17.2. The number of amides is 2. The van der Waals surface area contributed by atoms with Crippen molar-refractivity contribution in [1.29, 1.82) is 0 Å². The van der Waals surface area contributed by atoms with Crippen LogP contribution in [-0.2, 0) is 25.6 Å². The molecule has 0 unspecified atom stereocenters. The summed E-state index contributed by atoms with van der Waals surface area (Å²) in [6.07, 6.45) is 0. The Kier molecular flexibility index (Phi) is 8.58. The molecule has 1 aliphatic heterocycles. The maximum absolute atomic E-state index is 12.4. The van der Waals surface area contributed by atoms with Crippen LogP contribution in [0.5, 0.6) is 0 Å². The lowest BCUT2D eigenvalue weighted by atomic mass is 10.3. The fourth-order valence-electron chi connectivity index (χ4n) is 3.05. The summed E-state index contributed by atoms with van der Waals surface area (Å²) >= 11 is 2.45. The molecule has 168 valence electrons. The van der Waals surface area contributed by atoms with Gasteiger partial charge in [0.1, 0.15) is 0 Å². The van der Waals surface area contributed by atoms with Crippen LogP contribution in [0.2, 0.25) is 0 Å². The van der Waals surface area contributed by atoms with Crippen LogP contribution >= 0.6 is 23.1 Å². The number of carbonyl (C=O) groups is 2. The van der Waals surface area contributed by atoms with Crippen LogP contribution in [0, 0.1) is 10.1 Å². The molecular weight excluding hydrogens is 444 g/mol. The fraction of sp³-hybridized carbons (Fsp3) is 0.526. The molecule has 3 rings (SSSR count). The molecular formula is C19H24N4O6S2. The van der Waals surface area contributed by atoms with Gasteiger partial charge in [-0.1, -0.05) is 11.3 Å². The molecule has 1 aromatic heterocycles. The molecule has 2 amide bonds. The van der Waals surface area contributed by atoms with Gasteiger partial charge in [0.25, 0.3) is 11.6 Å². The van der Waals surface area contributed by atoms with Gasteiger partial charge in [-0.3, -0.25) is 19.7 Å². The number of fused-ring (bicyclic) bond motifs is 1. The molecule has 1 aromatic carbocycles. The highest BCUT2D eigenvalue weighted by Crippen LogP contribution is 2.23. The number of morpholine rings is 1. The van der Waals surface area contributed by atoms with E-state index in [9.17, 15) is 19.7 Å². The number of rotatable bonds is 9. The number of benzene rings is 1. The molecule has 0 N–H and O–H groups in total. The van der Waals surface area contributed by atoms with Crippen LogP contribution in [0.3, 0.4) is 0 Å². The van der Waals surface area contributed by atoms with Crippen LogP contribution in [0.15, 0.2) is 23.2 Å². The number of non-ortho nitro benzene ring substituents is 1. The summed E-state index contributed by atoms with van der Waals surface area (Å²) in [6, 6.07) is 4.58. The molecule has 0 radical (unpaired) electrons. The van der Waals surface area contributed by atoms with Crippen LogP contribution in [0.1, 0.15) is 6.92 Å². The molecule has 31 heavy (non-hydrogen) atoms. The molecule has 0 spiro atoms. The highest BCUT2D eigenvalue weighted by Gasteiger charge is 2.17. The zero-order chi connectivity index (χ0) is 22.2. The van der Waals surface area contributed by atoms with E-state index in [1.165, 1.54) is 35.2 Å². The summed E-state index contributed by atoms with van der Waals surface area (Å²) in [6.45, 7) is 5.59. The highest BCUT2D eigenvalue weighted by atomic mass is 32.2. The van der Waals surface area contributed by atoms with Crippen LogP contribution in [0.25, 0.3) is 10.2 Å². The number of nitro benzene ring substituents is 1. The third kappa shape index (κ3) is 6.35. The van der Waals surface area contributed by atoms with Crippen molar-refractivity contribution in [2.45, 2.75) is 13.5 Å². The van der Waals surface area contributed by atoms with Gasteiger partial charge >= 0.3 is 0 Å². The average molecular weight is 469 g/mol. The van der Waals surface area contributed by atoms with Crippen LogP contribution in [-0.4, -0.2) is 77.2 Å². The summed E-state index contributed by atoms with van der Waals surface area (Å²) in [5.41, 5.74) is 0.748. The number of thiazole rings is 1. The van der Waals surface area contributed by atoms with Gasteiger partial charge in [-0.2, -0.15) is 4.99 Å². The first-order valence-electron chi connectivity index (χ1n) is 9.86. The molecule has 12 heteroatoms. The molecule has 1 aliphatic rings. The van der Waals surface area contributed by atoms with Gasteiger partial charge in [-0.05, 0) is 13.0 Å². The molecule has 0 atom stereocenters. The van der Waals surface area contributed by atoms with E-state index in [2.05, 4.69) is 4.99 Å². The Labute approximate surface area is 187 Å². The number of hydrogen-bond donors (Lipinski definition) is 0. The monoisotopic (exact) mass is 468 g/mol. The number of thioether (sulfide) groups is 1. The molecule has 0 aliphatic carbocycles. The second kappa shape index (κ2) is 11.4. The Balaban J connectivity index is 1.72. The Hall–Kier alpha value is -2.28. The van der Waals surface area contributed by atoms with Crippen molar-refractivity contribution in [3.8, 4) is 0 Å². The van der Waals surface area contributed by atoms with E-state index in [4.69, 9.17) is 9.47 Å². The van der Waals surface area contributed by atoms with Crippen molar-refractivity contribution >= 4 is 50.8 Å². The topological polar surface area (TPSA) is 116 Å². The number of nitrogens with zero attached hydrogens (tertiary/aromatic N) is 4. The van der Waals surface area contributed by atoms with E-state index in [-0.39, 0.29) is 29.0 Å². The van der Waals surface area contributed by atoms with Crippen molar-refractivity contribution in [3.05, 3.63) is 33.1 Å². The van der Waals surface area contributed by atoms with Gasteiger partial charge in [-0.15, -0.1) is 11.8 Å². The minimum absolute atomic E-state index is 0.0120. The van der Waals surface area contributed by atoms with Crippen molar-refractivity contribution in [1.82, 2.24) is 9.47 Å². The van der Waals surface area contributed by atoms with Crippen molar-refractivity contribution < 1.29 is 24.0 Å². The van der Waals surface area contributed by atoms with Gasteiger partial charge in [0.2, 0.25) is 5.91 Å². The number of nitro groups is 1. The lowest BCUT2D eigenvalue weighted by molar-refractivity contribution is -0.384. The largest absolute Gasteiger partial charge is 0.380 e. The summed E-state index contributed by atoms with van der Waals surface area (Å²) in [4.78, 5) is 41.6. The third-order valence-corrected chi connectivity index (χ3v) is 6.52. The first-order valence-corrected chi connectivity index (χ1v) is 11.8. The number of carbonyl (C=O) groups excluding carboxylic acids is 2. The average Bonchev–Trinajstić information content (AvgIpc) is 3.10. The highest BCUT2D eigenvalue weighted by molar-refractivity contribution is 8.00. The van der Waals surface area contributed by atoms with Gasteiger partial charge in [-0.25, -0.2) is 0 Å².